The Morgan fingerprint density at radius 1 is 1.27 bits per heavy atom. The molecule has 2 aliphatic rings. The zero-order valence-electron chi connectivity index (χ0n) is 16.6. The predicted molar refractivity (Wildman–Crippen MR) is 107 cm³/mol. The molecule has 0 saturated heterocycles. The van der Waals surface area contributed by atoms with Gasteiger partial charge < -0.3 is 9.47 Å². The summed E-state index contributed by atoms with van der Waals surface area (Å²) in [5.41, 5.74) is -0.224. The van der Waals surface area contributed by atoms with E-state index >= 15 is 4.39 Å². The van der Waals surface area contributed by atoms with E-state index in [-0.39, 0.29) is 40.9 Å². The second-order valence-corrected chi connectivity index (χ2v) is 7.57. The summed E-state index contributed by atoms with van der Waals surface area (Å²) in [7, 11) is 0. The van der Waals surface area contributed by atoms with Crippen LogP contribution in [0.3, 0.4) is 0 Å². The predicted octanol–water partition coefficient (Wildman–Crippen LogP) is 2.58. The number of hydrogen-bond acceptors (Lipinski definition) is 5. The van der Waals surface area contributed by atoms with Crippen LogP contribution in [-0.4, -0.2) is 40.5 Å². The quantitative estimate of drug-likeness (QED) is 0.686. The van der Waals surface area contributed by atoms with E-state index in [2.05, 4.69) is 0 Å². The van der Waals surface area contributed by atoms with Gasteiger partial charge in [0.25, 0.3) is 11.5 Å². The number of nitrogens with zero attached hydrogens (tertiary/aromatic N) is 3. The molecule has 30 heavy (non-hydrogen) atoms. The van der Waals surface area contributed by atoms with Gasteiger partial charge >= 0.3 is 5.97 Å². The lowest BCUT2D eigenvalue weighted by molar-refractivity contribution is -0.143. The number of halogens is 2. The molecule has 8 nitrogen and oxygen atoms in total. The number of esters is 1. The topological polar surface area (TPSA) is 82.8 Å². The van der Waals surface area contributed by atoms with E-state index in [9.17, 15) is 14.4 Å². The van der Waals surface area contributed by atoms with Gasteiger partial charge in [-0.2, -0.15) is 0 Å². The van der Waals surface area contributed by atoms with Gasteiger partial charge in [0.2, 0.25) is 0 Å². The molecule has 2 aliphatic heterocycles. The first kappa shape index (κ1) is 20.5. The van der Waals surface area contributed by atoms with E-state index in [1.807, 2.05) is 0 Å². The average molecular weight is 438 g/mol. The number of carbonyl (C=O) groups excluding carboxylic acids is 2. The van der Waals surface area contributed by atoms with Gasteiger partial charge in [-0.3, -0.25) is 24.0 Å². The van der Waals surface area contributed by atoms with Gasteiger partial charge in [-0.15, -0.1) is 0 Å². The Labute approximate surface area is 176 Å². The number of benzene rings is 1. The molecule has 1 aromatic carbocycles. The molecule has 1 aromatic heterocycles. The highest BCUT2D eigenvalue weighted by Crippen LogP contribution is 2.40. The average Bonchev–Trinajstić information content (AvgIpc) is 2.96. The van der Waals surface area contributed by atoms with Crippen molar-refractivity contribution in [2.75, 3.05) is 18.1 Å². The van der Waals surface area contributed by atoms with E-state index < -0.39 is 29.4 Å². The highest BCUT2D eigenvalue weighted by Gasteiger charge is 2.35. The van der Waals surface area contributed by atoms with Crippen LogP contribution in [-0.2, 0) is 27.4 Å². The Morgan fingerprint density at radius 2 is 1.97 bits per heavy atom. The first-order chi connectivity index (χ1) is 14.3. The second kappa shape index (κ2) is 7.79. The normalized spacial score (nSPS) is 17.9. The number of fused-ring (bicyclic) bond motifs is 2. The van der Waals surface area contributed by atoms with Crippen molar-refractivity contribution in [3.8, 4) is 16.9 Å². The number of anilines is 1. The summed E-state index contributed by atoms with van der Waals surface area (Å²) in [5.74, 6) is -1.66. The van der Waals surface area contributed by atoms with E-state index in [0.29, 0.717) is 13.1 Å². The summed E-state index contributed by atoms with van der Waals surface area (Å²) in [6.45, 7) is 4.05. The molecule has 0 bridgehead atoms. The van der Waals surface area contributed by atoms with E-state index in [4.69, 9.17) is 21.1 Å². The molecule has 0 unspecified atom stereocenters. The van der Waals surface area contributed by atoms with Gasteiger partial charge in [0.15, 0.2) is 6.10 Å². The molecule has 2 aromatic rings. The van der Waals surface area contributed by atoms with Gasteiger partial charge in [-0.25, -0.2) is 9.07 Å². The largest absolute Gasteiger partial charge is 0.479 e. The van der Waals surface area contributed by atoms with Crippen LogP contribution in [0.25, 0.3) is 11.1 Å². The summed E-state index contributed by atoms with van der Waals surface area (Å²) in [4.78, 5) is 38.8. The molecular weight excluding hydrogens is 417 g/mol. The first-order valence-electron chi connectivity index (χ1n) is 9.80. The van der Waals surface area contributed by atoms with E-state index in [0.717, 1.165) is 18.9 Å². The van der Waals surface area contributed by atoms with Gasteiger partial charge in [0.1, 0.15) is 23.3 Å². The van der Waals surface area contributed by atoms with Gasteiger partial charge in [-0.05, 0) is 32.8 Å². The lowest BCUT2D eigenvalue weighted by atomic mass is 10.0. The molecule has 0 fully saturated rings. The molecule has 3 heterocycles. The minimum atomic E-state index is -0.895. The van der Waals surface area contributed by atoms with Crippen LogP contribution in [0.2, 0.25) is 5.15 Å². The third kappa shape index (κ3) is 3.27. The van der Waals surface area contributed by atoms with Crippen molar-refractivity contribution >= 4 is 29.2 Å². The molecule has 1 amide bonds. The smallest absolute Gasteiger partial charge is 0.326 e. The number of amides is 1. The van der Waals surface area contributed by atoms with Gasteiger partial charge in [0, 0.05) is 24.7 Å². The Morgan fingerprint density at radius 3 is 2.63 bits per heavy atom. The van der Waals surface area contributed by atoms with Crippen molar-refractivity contribution in [3.05, 3.63) is 33.5 Å². The Balaban J connectivity index is 1.85. The van der Waals surface area contributed by atoms with Crippen molar-refractivity contribution in [2.45, 2.75) is 45.9 Å². The molecule has 1 atom stereocenters. The minimum absolute atomic E-state index is 0.0287. The molecule has 0 saturated carbocycles. The third-order valence-electron chi connectivity index (χ3n) is 5.28. The van der Waals surface area contributed by atoms with Crippen LogP contribution in [0.15, 0.2) is 16.9 Å². The Bertz CT molecular complexity index is 1090. The molecule has 10 heteroatoms. The summed E-state index contributed by atoms with van der Waals surface area (Å²) < 4.78 is 28.6. The van der Waals surface area contributed by atoms with Crippen LogP contribution in [0.4, 0.5) is 10.1 Å². The fourth-order valence-corrected chi connectivity index (χ4v) is 4.23. The van der Waals surface area contributed by atoms with Crippen LogP contribution in [0.5, 0.6) is 5.75 Å². The molecule has 0 N–H and O–H groups in total. The maximum absolute atomic E-state index is 15.0. The third-order valence-corrected chi connectivity index (χ3v) is 5.67. The van der Waals surface area contributed by atoms with Crippen LogP contribution in [0.1, 0.15) is 26.7 Å². The van der Waals surface area contributed by atoms with Gasteiger partial charge in [-0.1, -0.05) is 11.6 Å². The van der Waals surface area contributed by atoms with Crippen LogP contribution in [0, 0.1) is 5.82 Å². The zero-order valence-corrected chi connectivity index (χ0v) is 17.4. The second-order valence-electron chi connectivity index (χ2n) is 7.21. The molecule has 0 radical (unpaired) electrons. The number of hydrogen-bond donors (Lipinski definition) is 0. The van der Waals surface area contributed by atoms with E-state index in [1.54, 1.807) is 11.6 Å². The van der Waals surface area contributed by atoms with Crippen LogP contribution >= 0.6 is 11.6 Å². The van der Waals surface area contributed by atoms with Crippen molar-refractivity contribution in [1.29, 1.82) is 0 Å². The summed E-state index contributed by atoms with van der Waals surface area (Å²) in [6.07, 6.45) is 0.807. The molecule has 0 aliphatic carbocycles. The summed E-state index contributed by atoms with van der Waals surface area (Å²) >= 11 is 6.44. The fourth-order valence-electron chi connectivity index (χ4n) is 3.87. The Hall–Kier alpha value is -2.81. The van der Waals surface area contributed by atoms with Crippen molar-refractivity contribution in [2.24, 2.45) is 0 Å². The first-order valence-corrected chi connectivity index (χ1v) is 10.2. The highest BCUT2D eigenvalue weighted by molar-refractivity contribution is 6.32. The van der Waals surface area contributed by atoms with E-state index in [1.165, 1.54) is 22.6 Å². The highest BCUT2D eigenvalue weighted by atomic mass is 35.5. The molecule has 160 valence electrons. The number of aromatic nitrogens is 2. The number of rotatable bonds is 4. The van der Waals surface area contributed by atoms with Crippen molar-refractivity contribution in [1.82, 2.24) is 9.36 Å². The fraction of sp³-hybridized carbons (Fsp3) is 0.450. The SMILES string of the molecule is CCOC(=O)CN1C(=O)[C@H](C)Oc2cc(F)c(-c3c(Cl)n4n(c3=O)CCCC4)cc21. The van der Waals surface area contributed by atoms with Crippen molar-refractivity contribution < 1.29 is 23.5 Å². The number of ether oxygens (including phenoxy) is 2. The molecule has 4 rings (SSSR count). The minimum Gasteiger partial charge on any atom is -0.479 e. The maximum atomic E-state index is 15.0. The monoisotopic (exact) mass is 437 g/mol. The van der Waals surface area contributed by atoms with Crippen LogP contribution < -0.4 is 15.2 Å². The maximum Gasteiger partial charge on any atom is 0.326 e. The summed E-state index contributed by atoms with van der Waals surface area (Å²) in [5, 5.41) is 0.145. The number of carbonyl (C=O) groups is 2. The summed E-state index contributed by atoms with van der Waals surface area (Å²) in [6, 6.07) is 2.45. The molecular formula is C20H21ClFN3O5. The lowest BCUT2D eigenvalue weighted by Crippen LogP contribution is -2.47. The molecule has 0 spiro atoms. The lowest BCUT2D eigenvalue weighted by Gasteiger charge is -2.32. The zero-order chi connectivity index (χ0) is 21.6. The van der Waals surface area contributed by atoms with Gasteiger partial charge in [0.05, 0.1) is 17.9 Å². The standard InChI is InChI=1S/C20H21ClFN3O5/c1-3-29-16(26)10-23-14-8-12(13(22)9-15(14)30-11(2)19(23)27)17-18(21)24-6-4-5-7-25(24)20(17)28/h8-9,11H,3-7,10H2,1-2H3/t11-/m0/s1. The Kier molecular flexibility index (Phi) is 5.31. The van der Waals surface area contributed by atoms with Crippen molar-refractivity contribution in [3.63, 3.8) is 0 Å².